The van der Waals surface area contributed by atoms with Crippen molar-refractivity contribution in [3.63, 3.8) is 0 Å². The smallest absolute Gasteiger partial charge is 0.0734 e. The Morgan fingerprint density at radius 3 is 2.64 bits per heavy atom. The van der Waals surface area contributed by atoms with Crippen molar-refractivity contribution in [3.8, 4) is 0 Å². The Labute approximate surface area is 138 Å². The molecule has 3 rings (SSSR count). The summed E-state index contributed by atoms with van der Waals surface area (Å²) in [7, 11) is 0. The predicted molar refractivity (Wildman–Crippen MR) is 89.2 cm³/mol. The van der Waals surface area contributed by atoms with Crippen molar-refractivity contribution in [1.29, 1.82) is 0 Å². The average Bonchev–Trinajstić information content (AvgIpc) is 2.43. The quantitative estimate of drug-likeness (QED) is 0.903. The second kappa shape index (κ2) is 6.12. The monoisotopic (exact) mass is 323 g/mol. The first-order valence-electron chi connectivity index (χ1n) is 8.21. The van der Waals surface area contributed by atoms with Gasteiger partial charge in [-0.15, -0.1) is 0 Å². The van der Waals surface area contributed by atoms with Crippen LogP contribution in [0.4, 0.5) is 0 Å². The number of hydrogen-bond donors (Lipinski definition) is 1. The highest BCUT2D eigenvalue weighted by Crippen LogP contribution is 2.39. The molecule has 2 heterocycles. The van der Waals surface area contributed by atoms with E-state index in [0.717, 1.165) is 50.3 Å². The summed E-state index contributed by atoms with van der Waals surface area (Å²) >= 11 is 6.03. The van der Waals surface area contributed by atoms with Crippen molar-refractivity contribution in [2.75, 3.05) is 19.7 Å². The number of aliphatic hydroxyl groups is 1. The fourth-order valence-electron chi connectivity index (χ4n) is 3.84. The molecule has 4 heteroatoms. The lowest BCUT2D eigenvalue weighted by Crippen LogP contribution is -2.53. The van der Waals surface area contributed by atoms with Gasteiger partial charge in [-0.2, -0.15) is 0 Å². The number of likely N-dealkylation sites (tertiary alicyclic amines) is 1. The number of ether oxygens (including phenoxy) is 1. The minimum absolute atomic E-state index is 0.104. The minimum atomic E-state index is -0.562. The Hall–Kier alpha value is -0.610. The fraction of sp³-hybridized carbons (Fsp3) is 0.667. The van der Waals surface area contributed by atoms with Crippen molar-refractivity contribution in [2.45, 2.75) is 57.3 Å². The number of hydrogen-bond acceptors (Lipinski definition) is 3. The van der Waals surface area contributed by atoms with Crippen molar-refractivity contribution < 1.29 is 9.84 Å². The third-order valence-corrected chi connectivity index (χ3v) is 5.45. The van der Waals surface area contributed by atoms with E-state index in [1.807, 2.05) is 19.1 Å². The van der Waals surface area contributed by atoms with Crippen LogP contribution in [0, 0.1) is 6.92 Å². The summed E-state index contributed by atoms with van der Waals surface area (Å²) < 4.78 is 6.08. The normalized spacial score (nSPS) is 28.9. The van der Waals surface area contributed by atoms with E-state index >= 15 is 0 Å². The number of halogens is 1. The summed E-state index contributed by atoms with van der Waals surface area (Å²) in [6, 6.07) is 6.13. The molecule has 3 nitrogen and oxygen atoms in total. The van der Waals surface area contributed by atoms with Crippen LogP contribution in [0.2, 0.25) is 5.02 Å². The Kier molecular flexibility index (Phi) is 4.52. The second-order valence-corrected chi connectivity index (χ2v) is 7.74. The summed E-state index contributed by atoms with van der Waals surface area (Å²) in [5.41, 5.74) is 1.93. The van der Waals surface area contributed by atoms with E-state index in [-0.39, 0.29) is 5.60 Å². The predicted octanol–water partition coefficient (Wildman–Crippen LogP) is 3.54. The van der Waals surface area contributed by atoms with Crippen molar-refractivity contribution in [3.05, 3.63) is 34.3 Å². The maximum Gasteiger partial charge on any atom is 0.0734 e. The highest BCUT2D eigenvalue weighted by atomic mass is 35.5. The molecule has 0 bridgehead atoms. The second-order valence-electron chi connectivity index (χ2n) is 7.30. The molecule has 0 amide bonds. The van der Waals surface area contributed by atoms with Gasteiger partial charge >= 0.3 is 0 Å². The number of aryl methyl sites for hydroxylation is 1. The lowest BCUT2D eigenvalue weighted by atomic mass is 9.78. The molecule has 1 aromatic carbocycles. The SMILES string of the molecule is Cc1cc(Cl)ccc1CN1CCC2(CC1)CC(C)(O)CCO2. The van der Waals surface area contributed by atoms with Gasteiger partial charge in [0.05, 0.1) is 17.8 Å². The van der Waals surface area contributed by atoms with Crippen LogP contribution in [0.15, 0.2) is 18.2 Å². The van der Waals surface area contributed by atoms with Crippen molar-refractivity contribution in [1.82, 2.24) is 4.90 Å². The number of nitrogens with zero attached hydrogens (tertiary/aromatic N) is 1. The van der Waals surface area contributed by atoms with Crippen LogP contribution in [0.1, 0.15) is 43.7 Å². The molecule has 1 atom stereocenters. The number of benzene rings is 1. The maximum absolute atomic E-state index is 10.3. The van der Waals surface area contributed by atoms with Gasteiger partial charge < -0.3 is 9.84 Å². The molecule has 1 unspecified atom stereocenters. The van der Waals surface area contributed by atoms with E-state index in [1.54, 1.807) is 0 Å². The van der Waals surface area contributed by atoms with Gasteiger partial charge in [0.15, 0.2) is 0 Å². The first-order valence-corrected chi connectivity index (χ1v) is 8.59. The molecule has 2 aliphatic heterocycles. The van der Waals surface area contributed by atoms with Crippen LogP contribution < -0.4 is 0 Å². The molecular formula is C18H26ClNO2. The number of rotatable bonds is 2. The lowest BCUT2D eigenvalue weighted by molar-refractivity contribution is -0.173. The molecule has 1 N–H and O–H groups in total. The topological polar surface area (TPSA) is 32.7 Å². The van der Waals surface area contributed by atoms with Gasteiger partial charge in [-0.25, -0.2) is 0 Å². The van der Waals surface area contributed by atoms with Crippen LogP contribution >= 0.6 is 11.6 Å². The molecule has 0 aliphatic carbocycles. The summed E-state index contributed by atoms with van der Waals surface area (Å²) in [4.78, 5) is 2.48. The molecule has 2 saturated heterocycles. The summed E-state index contributed by atoms with van der Waals surface area (Å²) in [6.45, 7) is 7.77. The third-order valence-electron chi connectivity index (χ3n) is 5.22. The third kappa shape index (κ3) is 3.65. The van der Waals surface area contributed by atoms with E-state index in [1.165, 1.54) is 11.1 Å². The Morgan fingerprint density at radius 2 is 2.00 bits per heavy atom. The Morgan fingerprint density at radius 1 is 1.27 bits per heavy atom. The zero-order valence-electron chi connectivity index (χ0n) is 13.6. The van der Waals surface area contributed by atoms with Gasteiger partial charge in [0.1, 0.15) is 0 Å². The Bertz CT molecular complexity index is 536. The molecular weight excluding hydrogens is 298 g/mol. The van der Waals surface area contributed by atoms with Crippen LogP contribution in [-0.2, 0) is 11.3 Å². The number of piperidine rings is 1. The highest BCUT2D eigenvalue weighted by molar-refractivity contribution is 6.30. The zero-order valence-corrected chi connectivity index (χ0v) is 14.3. The van der Waals surface area contributed by atoms with E-state index in [4.69, 9.17) is 16.3 Å². The summed E-state index contributed by atoms with van der Waals surface area (Å²) in [5, 5.41) is 11.2. The van der Waals surface area contributed by atoms with Gasteiger partial charge in [-0.1, -0.05) is 17.7 Å². The van der Waals surface area contributed by atoms with Crippen LogP contribution in [0.5, 0.6) is 0 Å². The molecule has 2 aliphatic rings. The van der Waals surface area contributed by atoms with E-state index in [9.17, 15) is 5.11 Å². The van der Waals surface area contributed by atoms with E-state index in [0.29, 0.717) is 6.61 Å². The fourth-order valence-corrected chi connectivity index (χ4v) is 4.06. The van der Waals surface area contributed by atoms with E-state index in [2.05, 4.69) is 17.9 Å². The molecule has 1 spiro atoms. The van der Waals surface area contributed by atoms with Crippen LogP contribution in [0.25, 0.3) is 0 Å². The van der Waals surface area contributed by atoms with E-state index < -0.39 is 5.60 Å². The minimum Gasteiger partial charge on any atom is -0.390 e. The molecule has 22 heavy (non-hydrogen) atoms. The summed E-state index contributed by atoms with van der Waals surface area (Å²) in [5.74, 6) is 0. The van der Waals surface area contributed by atoms with Crippen molar-refractivity contribution >= 4 is 11.6 Å². The van der Waals surface area contributed by atoms with Gasteiger partial charge in [0, 0.05) is 31.1 Å². The molecule has 0 radical (unpaired) electrons. The molecule has 0 aromatic heterocycles. The molecule has 2 fully saturated rings. The van der Waals surface area contributed by atoms with Gasteiger partial charge in [0.25, 0.3) is 0 Å². The first-order chi connectivity index (χ1) is 10.4. The van der Waals surface area contributed by atoms with Crippen LogP contribution in [-0.4, -0.2) is 40.9 Å². The standard InChI is InChI=1S/C18H26ClNO2/c1-14-11-16(19)4-3-15(14)12-20-8-5-18(6-9-20)13-17(2,21)7-10-22-18/h3-4,11,21H,5-10,12-13H2,1-2H3. The van der Waals surface area contributed by atoms with Gasteiger partial charge in [-0.05, 0) is 56.4 Å². The zero-order chi connectivity index (χ0) is 15.8. The van der Waals surface area contributed by atoms with Crippen LogP contribution in [0.3, 0.4) is 0 Å². The molecule has 122 valence electrons. The maximum atomic E-state index is 10.3. The molecule has 1 aromatic rings. The largest absolute Gasteiger partial charge is 0.390 e. The van der Waals surface area contributed by atoms with Gasteiger partial charge in [-0.3, -0.25) is 4.90 Å². The highest BCUT2D eigenvalue weighted by Gasteiger charge is 2.44. The molecule has 0 saturated carbocycles. The van der Waals surface area contributed by atoms with Gasteiger partial charge in [0.2, 0.25) is 0 Å². The Balaban J connectivity index is 1.60. The average molecular weight is 324 g/mol. The lowest BCUT2D eigenvalue weighted by Gasteiger charge is -2.48. The summed E-state index contributed by atoms with van der Waals surface area (Å²) in [6.07, 6.45) is 3.54. The van der Waals surface area contributed by atoms with Crippen molar-refractivity contribution in [2.24, 2.45) is 0 Å². The first kappa shape index (κ1) is 16.3.